The summed E-state index contributed by atoms with van der Waals surface area (Å²) in [6.45, 7) is 0.425. The summed E-state index contributed by atoms with van der Waals surface area (Å²) in [5, 5.41) is 4.45. The van der Waals surface area contributed by atoms with Gasteiger partial charge in [0, 0.05) is 18.1 Å². The second kappa shape index (κ2) is 7.37. The van der Waals surface area contributed by atoms with Gasteiger partial charge in [-0.2, -0.15) is 0 Å². The quantitative estimate of drug-likeness (QED) is 0.594. The van der Waals surface area contributed by atoms with E-state index in [-0.39, 0.29) is 18.0 Å². The van der Waals surface area contributed by atoms with Crippen molar-refractivity contribution in [3.8, 4) is 0 Å². The Morgan fingerprint density at radius 2 is 1.85 bits per heavy atom. The molecule has 2 heterocycles. The number of carbonyl (C=O) groups is 1. The van der Waals surface area contributed by atoms with Crippen molar-refractivity contribution < 1.29 is 4.79 Å². The zero-order chi connectivity index (χ0) is 18.6. The molecule has 134 valence electrons. The zero-order valence-electron chi connectivity index (χ0n) is 14.6. The number of nitrogens with one attached hydrogen (secondary N) is 1. The normalized spacial score (nSPS) is 11.0. The average Bonchev–Trinajstić information content (AvgIpc) is 2.70. The molecule has 2 aromatic carbocycles. The van der Waals surface area contributed by atoms with E-state index < -0.39 is 0 Å². The van der Waals surface area contributed by atoms with E-state index in [1.165, 1.54) is 10.9 Å². The molecule has 2 aromatic heterocycles. The Labute approximate surface area is 155 Å². The molecule has 4 rings (SSSR count). The summed E-state index contributed by atoms with van der Waals surface area (Å²) in [6.07, 6.45) is 3.85. The molecule has 0 radical (unpaired) electrons. The highest BCUT2D eigenvalue weighted by Gasteiger charge is 2.08. The Hall–Kier alpha value is -3.54. The van der Waals surface area contributed by atoms with E-state index in [0.29, 0.717) is 23.9 Å². The number of aromatic nitrogens is 3. The van der Waals surface area contributed by atoms with Gasteiger partial charge in [0.1, 0.15) is 6.54 Å². The highest BCUT2D eigenvalue weighted by molar-refractivity contribution is 5.82. The Bertz CT molecular complexity index is 1180. The van der Waals surface area contributed by atoms with E-state index in [2.05, 4.69) is 15.3 Å². The van der Waals surface area contributed by atoms with Gasteiger partial charge in [-0.25, -0.2) is 4.98 Å². The summed E-state index contributed by atoms with van der Waals surface area (Å²) in [7, 11) is 0. The van der Waals surface area contributed by atoms with E-state index in [1.807, 2.05) is 36.4 Å². The number of carbonyl (C=O) groups excluding carboxylic acids is 1. The number of rotatable bonds is 5. The first kappa shape index (κ1) is 16.9. The standard InChI is InChI=1S/C21H18N4O2/c26-19(13-25-14-24-18-9-2-1-8-17(18)21(25)27)22-12-10-16-6-3-5-15-7-4-11-23-20(15)16/h1-9,11,14H,10,12-13H2,(H,22,26). The monoisotopic (exact) mass is 358 g/mol. The number of fused-ring (bicyclic) bond motifs is 2. The molecule has 0 fully saturated rings. The van der Waals surface area contributed by atoms with Crippen LogP contribution in [0.3, 0.4) is 0 Å². The predicted octanol–water partition coefficient (Wildman–Crippen LogP) is 2.30. The van der Waals surface area contributed by atoms with E-state index >= 15 is 0 Å². The van der Waals surface area contributed by atoms with Crippen LogP contribution >= 0.6 is 0 Å². The third-order valence-electron chi connectivity index (χ3n) is 4.48. The van der Waals surface area contributed by atoms with E-state index in [0.717, 1.165) is 16.5 Å². The lowest BCUT2D eigenvalue weighted by Crippen LogP contribution is -2.33. The molecule has 6 heteroatoms. The summed E-state index contributed by atoms with van der Waals surface area (Å²) in [6, 6.07) is 17.0. The lowest BCUT2D eigenvalue weighted by atomic mass is 10.1. The summed E-state index contributed by atoms with van der Waals surface area (Å²) >= 11 is 0. The topological polar surface area (TPSA) is 76.9 Å². The van der Waals surface area contributed by atoms with E-state index in [4.69, 9.17) is 0 Å². The minimum atomic E-state index is -0.220. The van der Waals surface area contributed by atoms with Crippen molar-refractivity contribution in [3.05, 3.63) is 83.0 Å². The maximum absolute atomic E-state index is 12.4. The van der Waals surface area contributed by atoms with Crippen LogP contribution in [0.25, 0.3) is 21.8 Å². The molecule has 0 bridgehead atoms. The molecule has 1 N–H and O–H groups in total. The van der Waals surface area contributed by atoms with Crippen LogP contribution in [-0.4, -0.2) is 27.0 Å². The molecule has 4 aromatic rings. The van der Waals surface area contributed by atoms with Gasteiger partial charge >= 0.3 is 0 Å². The molecule has 6 nitrogen and oxygen atoms in total. The van der Waals surface area contributed by atoms with Crippen LogP contribution in [0.4, 0.5) is 0 Å². The van der Waals surface area contributed by atoms with Crippen LogP contribution < -0.4 is 10.9 Å². The van der Waals surface area contributed by atoms with Crippen molar-refractivity contribution in [2.75, 3.05) is 6.54 Å². The van der Waals surface area contributed by atoms with Gasteiger partial charge in [0.05, 0.1) is 22.7 Å². The minimum Gasteiger partial charge on any atom is -0.354 e. The first-order valence-corrected chi connectivity index (χ1v) is 8.76. The van der Waals surface area contributed by atoms with Crippen molar-refractivity contribution >= 4 is 27.7 Å². The highest BCUT2D eigenvalue weighted by Crippen LogP contribution is 2.15. The Morgan fingerprint density at radius 1 is 1.00 bits per heavy atom. The second-order valence-corrected chi connectivity index (χ2v) is 6.29. The fraction of sp³-hybridized carbons (Fsp3) is 0.143. The molecular formula is C21H18N4O2. The average molecular weight is 358 g/mol. The van der Waals surface area contributed by atoms with Crippen molar-refractivity contribution in [2.45, 2.75) is 13.0 Å². The number of para-hydroxylation sites is 2. The van der Waals surface area contributed by atoms with Crippen molar-refractivity contribution in [2.24, 2.45) is 0 Å². The first-order valence-electron chi connectivity index (χ1n) is 8.76. The third kappa shape index (κ3) is 3.55. The van der Waals surface area contributed by atoms with Crippen molar-refractivity contribution in [1.29, 1.82) is 0 Å². The van der Waals surface area contributed by atoms with Gasteiger partial charge in [-0.05, 0) is 30.2 Å². The van der Waals surface area contributed by atoms with Gasteiger partial charge in [0.15, 0.2) is 0 Å². The summed E-state index contributed by atoms with van der Waals surface area (Å²) < 4.78 is 1.33. The maximum atomic E-state index is 12.4. The fourth-order valence-electron chi connectivity index (χ4n) is 3.14. The van der Waals surface area contributed by atoms with Crippen LogP contribution in [-0.2, 0) is 17.8 Å². The lowest BCUT2D eigenvalue weighted by Gasteiger charge is -2.09. The SMILES string of the molecule is O=C(Cn1cnc2ccccc2c1=O)NCCc1cccc2cccnc12. The molecule has 0 aliphatic heterocycles. The van der Waals surface area contributed by atoms with Gasteiger partial charge in [-0.1, -0.05) is 36.4 Å². The Morgan fingerprint density at radius 3 is 2.78 bits per heavy atom. The van der Waals surface area contributed by atoms with Gasteiger partial charge in [-0.15, -0.1) is 0 Å². The predicted molar refractivity (Wildman–Crippen MR) is 104 cm³/mol. The van der Waals surface area contributed by atoms with E-state index in [1.54, 1.807) is 24.4 Å². The largest absolute Gasteiger partial charge is 0.354 e. The van der Waals surface area contributed by atoms with Gasteiger partial charge < -0.3 is 5.32 Å². The molecule has 0 saturated heterocycles. The molecule has 27 heavy (non-hydrogen) atoms. The Kier molecular flexibility index (Phi) is 4.61. The summed E-state index contributed by atoms with van der Waals surface area (Å²) in [4.78, 5) is 33.3. The lowest BCUT2D eigenvalue weighted by molar-refractivity contribution is -0.121. The Balaban J connectivity index is 1.42. The minimum absolute atomic E-state index is 0.0511. The van der Waals surface area contributed by atoms with Crippen molar-refractivity contribution in [3.63, 3.8) is 0 Å². The summed E-state index contributed by atoms with van der Waals surface area (Å²) in [5.74, 6) is -0.220. The number of benzene rings is 2. The van der Waals surface area contributed by atoms with Crippen LogP contribution in [0.1, 0.15) is 5.56 Å². The maximum Gasteiger partial charge on any atom is 0.261 e. The molecule has 0 unspecified atom stereocenters. The van der Waals surface area contributed by atoms with Crippen molar-refractivity contribution in [1.82, 2.24) is 19.9 Å². The van der Waals surface area contributed by atoms with E-state index in [9.17, 15) is 9.59 Å². The number of hydrogen-bond donors (Lipinski definition) is 1. The number of hydrogen-bond acceptors (Lipinski definition) is 4. The number of nitrogens with zero attached hydrogens (tertiary/aromatic N) is 3. The molecule has 0 aliphatic rings. The first-order chi connectivity index (χ1) is 13.2. The van der Waals surface area contributed by atoms with Crippen LogP contribution in [0, 0.1) is 0 Å². The van der Waals surface area contributed by atoms with Gasteiger partial charge in [-0.3, -0.25) is 19.1 Å². The molecule has 0 spiro atoms. The van der Waals surface area contributed by atoms with Gasteiger partial charge in [0.2, 0.25) is 5.91 Å². The highest BCUT2D eigenvalue weighted by atomic mass is 16.2. The zero-order valence-corrected chi connectivity index (χ0v) is 14.6. The molecule has 0 atom stereocenters. The number of amides is 1. The number of pyridine rings is 1. The smallest absolute Gasteiger partial charge is 0.261 e. The molecule has 1 amide bonds. The third-order valence-corrected chi connectivity index (χ3v) is 4.48. The van der Waals surface area contributed by atoms with Crippen LogP contribution in [0.15, 0.2) is 71.9 Å². The van der Waals surface area contributed by atoms with Crippen LogP contribution in [0.5, 0.6) is 0 Å². The second-order valence-electron chi connectivity index (χ2n) is 6.29. The fourth-order valence-corrected chi connectivity index (χ4v) is 3.14. The molecule has 0 aliphatic carbocycles. The molecular weight excluding hydrogens is 340 g/mol. The molecule has 0 saturated carbocycles. The van der Waals surface area contributed by atoms with Crippen LogP contribution in [0.2, 0.25) is 0 Å². The van der Waals surface area contributed by atoms with Gasteiger partial charge in [0.25, 0.3) is 5.56 Å². The summed E-state index contributed by atoms with van der Waals surface area (Å²) in [5.41, 5.74) is 2.44.